The molecule has 0 aliphatic carbocycles. The highest BCUT2D eigenvalue weighted by Crippen LogP contribution is 2.31. The number of H-pyrrole nitrogens is 1. The fraction of sp³-hybridized carbons (Fsp3) is 0.276. The van der Waals surface area contributed by atoms with E-state index < -0.39 is 31.4 Å². The van der Waals surface area contributed by atoms with Crippen molar-refractivity contribution in [2.24, 2.45) is 0 Å². The Morgan fingerprint density at radius 1 is 1.10 bits per heavy atom. The number of halogens is 1. The molecule has 0 unspecified atom stereocenters. The molecule has 1 amide bonds. The van der Waals surface area contributed by atoms with E-state index in [-0.39, 0.29) is 29.7 Å². The summed E-state index contributed by atoms with van der Waals surface area (Å²) in [6.07, 6.45) is 3.67. The first-order valence-corrected chi connectivity index (χ1v) is 15.0. The van der Waals surface area contributed by atoms with Crippen LogP contribution in [0, 0.1) is 10.1 Å². The van der Waals surface area contributed by atoms with Crippen LogP contribution in [0.5, 0.6) is 11.5 Å². The Labute approximate surface area is 241 Å². The van der Waals surface area contributed by atoms with E-state index in [4.69, 9.17) is 4.74 Å². The number of amides is 1. The lowest BCUT2D eigenvalue weighted by Gasteiger charge is -2.32. The minimum atomic E-state index is -4.47. The minimum absolute atomic E-state index is 0.0270. The topological polar surface area (TPSA) is 147 Å². The van der Waals surface area contributed by atoms with Crippen LogP contribution in [0.25, 0.3) is 10.9 Å². The standard InChI is InChI=1S/C29H30FN5O6S/c30-13-3-15-34-16-11-21(12-17-34)32-26-9-7-23(19-27(26)35(37)38)42(39,40)33-29(36)24-4-1-2-5-28(24)41-22-6-8-25-20(18-22)10-14-31-25/h1-2,4-10,14,18-19,21,31-32H,3,11-13,15-17H2,(H,33,36). The zero-order valence-electron chi connectivity index (χ0n) is 22.6. The molecule has 4 aromatic rings. The van der Waals surface area contributed by atoms with Crippen molar-refractivity contribution < 1.29 is 27.3 Å². The highest BCUT2D eigenvalue weighted by atomic mass is 32.2. The van der Waals surface area contributed by atoms with Crippen LogP contribution >= 0.6 is 0 Å². The number of nitrogens with zero attached hydrogens (tertiary/aromatic N) is 2. The molecule has 1 fully saturated rings. The van der Waals surface area contributed by atoms with Gasteiger partial charge in [-0.3, -0.25) is 19.3 Å². The Morgan fingerprint density at radius 2 is 1.88 bits per heavy atom. The van der Waals surface area contributed by atoms with Gasteiger partial charge in [0.05, 0.1) is 22.1 Å². The first-order chi connectivity index (χ1) is 20.2. The van der Waals surface area contributed by atoms with Gasteiger partial charge >= 0.3 is 0 Å². The number of hydrogen-bond acceptors (Lipinski definition) is 8. The Morgan fingerprint density at radius 3 is 2.64 bits per heavy atom. The third kappa shape index (κ3) is 6.69. The zero-order valence-corrected chi connectivity index (χ0v) is 23.4. The number of benzene rings is 3. The average Bonchev–Trinajstić information content (AvgIpc) is 3.45. The second-order valence-corrected chi connectivity index (χ2v) is 11.7. The molecular formula is C29H30FN5O6S. The van der Waals surface area contributed by atoms with Gasteiger partial charge in [-0.2, -0.15) is 0 Å². The van der Waals surface area contributed by atoms with Gasteiger partial charge in [0.2, 0.25) is 0 Å². The summed E-state index contributed by atoms with van der Waals surface area (Å²) in [4.78, 5) is 29.1. The van der Waals surface area contributed by atoms with Crippen LogP contribution < -0.4 is 14.8 Å². The van der Waals surface area contributed by atoms with Crippen molar-refractivity contribution in [3.8, 4) is 11.5 Å². The van der Waals surface area contributed by atoms with Gasteiger partial charge in [0.15, 0.2) is 0 Å². The van der Waals surface area contributed by atoms with E-state index in [1.54, 1.807) is 36.5 Å². The van der Waals surface area contributed by atoms with Crippen molar-refractivity contribution in [1.82, 2.24) is 14.6 Å². The lowest BCUT2D eigenvalue weighted by molar-refractivity contribution is -0.384. The summed E-state index contributed by atoms with van der Waals surface area (Å²) < 4.78 is 46.7. The number of nitro groups is 1. The lowest BCUT2D eigenvalue weighted by Crippen LogP contribution is -2.39. The van der Waals surface area contributed by atoms with Gasteiger partial charge in [0, 0.05) is 48.8 Å². The van der Waals surface area contributed by atoms with Crippen molar-refractivity contribution in [3.05, 3.63) is 88.6 Å². The number of ether oxygens (including phenoxy) is 1. The molecular weight excluding hydrogens is 565 g/mol. The van der Waals surface area contributed by atoms with Crippen LogP contribution in [0.2, 0.25) is 0 Å². The number of fused-ring (bicyclic) bond motifs is 1. The summed E-state index contributed by atoms with van der Waals surface area (Å²) in [5.74, 6) is -0.353. The molecule has 42 heavy (non-hydrogen) atoms. The number of aromatic amines is 1. The number of alkyl halides is 1. The predicted octanol–water partition coefficient (Wildman–Crippen LogP) is 5.22. The second kappa shape index (κ2) is 12.6. The van der Waals surface area contributed by atoms with Crippen LogP contribution in [0.4, 0.5) is 15.8 Å². The molecule has 0 atom stereocenters. The molecule has 5 rings (SSSR count). The van der Waals surface area contributed by atoms with Gasteiger partial charge in [0.1, 0.15) is 17.2 Å². The van der Waals surface area contributed by atoms with E-state index in [1.807, 2.05) is 16.9 Å². The fourth-order valence-corrected chi connectivity index (χ4v) is 5.94. The number of nitrogens with one attached hydrogen (secondary N) is 3. The van der Waals surface area contributed by atoms with Crippen LogP contribution in [0.15, 0.2) is 77.8 Å². The Bertz CT molecular complexity index is 1700. The Hall–Kier alpha value is -4.49. The maximum Gasteiger partial charge on any atom is 0.293 e. The van der Waals surface area contributed by atoms with Crippen molar-refractivity contribution in [3.63, 3.8) is 0 Å². The predicted molar refractivity (Wildman–Crippen MR) is 156 cm³/mol. The molecule has 1 saturated heterocycles. The summed E-state index contributed by atoms with van der Waals surface area (Å²) >= 11 is 0. The molecule has 0 radical (unpaired) electrons. The molecule has 1 aliphatic heterocycles. The monoisotopic (exact) mass is 595 g/mol. The first kappa shape index (κ1) is 29.0. The molecule has 3 aromatic carbocycles. The molecule has 0 bridgehead atoms. The van der Waals surface area contributed by atoms with Crippen molar-refractivity contribution >= 4 is 38.2 Å². The molecule has 2 heterocycles. The maximum atomic E-state index is 13.1. The number of hydrogen-bond donors (Lipinski definition) is 3. The normalized spacial score (nSPS) is 14.5. The number of likely N-dealkylation sites (tertiary alicyclic amines) is 1. The highest BCUT2D eigenvalue weighted by molar-refractivity contribution is 7.90. The number of carbonyl (C=O) groups excluding carboxylic acids is 1. The third-order valence-electron chi connectivity index (χ3n) is 7.14. The van der Waals surface area contributed by atoms with E-state index in [2.05, 4.69) is 15.2 Å². The molecule has 0 spiro atoms. The number of para-hydroxylation sites is 1. The average molecular weight is 596 g/mol. The smallest absolute Gasteiger partial charge is 0.293 e. The Balaban J connectivity index is 1.30. The van der Waals surface area contributed by atoms with E-state index in [0.29, 0.717) is 31.6 Å². The van der Waals surface area contributed by atoms with Crippen LogP contribution in [-0.4, -0.2) is 61.5 Å². The van der Waals surface area contributed by atoms with Crippen molar-refractivity contribution in [2.45, 2.75) is 30.2 Å². The number of piperidine rings is 1. The van der Waals surface area contributed by atoms with Gasteiger partial charge in [-0.25, -0.2) is 13.1 Å². The first-order valence-electron chi connectivity index (χ1n) is 13.5. The van der Waals surface area contributed by atoms with E-state index >= 15 is 0 Å². The van der Waals surface area contributed by atoms with Crippen LogP contribution in [0.3, 0.4) is 0 Å². The Kier molecular flexibility index (Phi) is 8.69. The van der Waals surface area contributed by atoms with Gasteiger partial charge < -0.3 is 19.9 Å². The van der Waals surface area contributed by atoms with E-state index in [0.717, 1.165) is 30.1 Å². The molecule has 1 aliphatic rings. The third-order valence-corrected chi connectivity index (χ3v) is 8.47. The number of nitro benzene ring substituents is 1. The highest BCUT2D eigenvalue weighted by Gasteiger charge is 2.27. The van der Waals surface area contributed by atoms with Crippen LogP contribution in [0.1, 0.15) is 29.6 Å². The SMILES string of the molecule is O=C(NS(=O)(=O)c1ccc(NC2CCN(CCCF)CC2)c([N+](=O)[O-])c1)c1ccccc1Oc1ccc2[nH]ccc2c1. The molecule has 13 heteroatoms. The lowest BCUT2D eigenvalue weighted by atomic mass is 10.0. The van der Waals surface area contributed by atoms with Gasteiger partial charge in [0.25, 0.3) is 21.6 Å². The summed E-state index contributed by atoms with van der Waals surface area (Å²) in [6, 6.07) is 16.8. The van der Waals surface area contributed by atoms with Crippen molar-refractivity contribution in [2.75, 3.05) is 31.6 Å². The largest absolute Gasteiger partial charge is 0.457 e. The number of aromatic nitrogens is 1. The number of carbonyl (C=O) groups is 1. The summed E-state index contributed by atoms with van der Waals surface area (Å²) in [7, 11) is -4.47. The number of sulfonamides is 1. The summed E-state index contributed by atoms with van der Waals surface area (Å²) in [6.45, 7) is 1.76. The van der Waals surface area contributed by atoms with E-state index in [1.165, 1.54) is 18.2 Å². The second-order valence-electron chi connectivity index (χ2n) is 10.00. The summed E-state index contributed by atoms with van der Waals surface area (Å²) in [5.41, 5.74) is 0.644. The number of rotatable bonds is 11. The quantitative estimate of drug-likeness (QED) is 0.158. The molecule has 1 aromatic heterocycles. The van der Waals surface area contributed by atoms with E-state index in [9.17, 15) is 27.7 Å². The maximum absolute atomic E-state index is 13.1. The molecule has 0 saturated carbocycles. The molecule has 3 N–H and O–H groups in total. The van der Waals surface area contributed by atoms with Gasteiger partial charge in [-0.15, -0.1) is 0 Å². The van der Waals surface area contributed by atoms with Crippen molar-refractivity contribution in [1.29, 1.82) is 0 Å². The van der Waals surface area contributed by atoms with Crippen LogP contribution in [-0.2, 0) is 10.0 Å². The molecule has 11 nitrogen and oxygen atoms in total. The van der Waals surface area contributed by atoms with Gasteiger partial charge in [-0.1, -0.05) is 12.1 Å². The summed E-state index contributed by atoms with van der Waals surface area (Å²) in [5, 5.41) is 15.9. The van der Waals surface area contributed by atoms with Gasteiger partial charge in [-0.05, 0) is 67.8 Å². The minimum Gasteiger partial charge on any atom is -0.457 e. The number of anilines is 1. The fourth-order valence-electron chi connectivity index (χ4n) is 4.96. The zero-order chi connectivity index (χ0) is 29.7. The molecule has 220 valence electrons.